The van der Waals surface area contributed by atoms with Crippen molar-refractivity contribution in [3.63, 3.8) is 0 Å². The Morgan fingerprint density at radius 2 is 1.92 bits per heavy atom. The molecular formula is C17H18Cl2N6. The van der Waals surface area contributed by atoms with E-state index in [0.29, 0.717) is 21.4 Å². The van der Waals surface area contributed by atoms with Crippen LogP contribution in [0.2, 0.25) is 10.0 Å². The smallest absolute Gasteiger partial charge is 0.181 e. The van der Waals surface area contributed by atoms with Gasteiger partial charge in [0.05, 0.1) is 28.1 Å². The highest BCUT2D eigenvalue weighted by Crippen LogP contribution is 2.30. The molecular weight excluding hydrogens is 359 g/mol. The molecule has 3 heterocycles. The third-order valence-electron chi connectivity index (χ3n) is 4.65. The Hall–Kier alpha value is -1.89. The molecule has 6 nitrogen and oxygen atoms in total. The highest BCUT2D eigenvalue weighted by molar-refractivity contribution is 6.43. The van der Waals surface area contributed by atoms with Crippen molar-refractivity contribution < 1.29 is 0 Å². The monoisotopic (exact) mass is 376 g/mol. The Morgan fingerprint density at radius 3 is 2.68 bits per heavy atom. The van der Waals surface area contributed by atoms with Crippen LogP contribution >= 0.6 is 23.2 Å². The normalized spacial score (nSPS) is 17.2. The molecule has 0 aliphatic carbocycles. The maximum absolute atomic E-state index is 6.30. The molecule has 1 aliphatic heterocycles. The molecule has 4 rings (SSSR count). The summed E-state index contributed by atoms with van der Waals surface area (Å²) in [6, 6.07) is 5.42. The quantitative estimate of drug-likeness (QED) is 0.741. The average Bonchev–Trinajstić information content (AvgIpc) is 3.00. The van der Waals surface area contributed by atoms with Crippen molar-refractivity contribution in [1.82, 2.24) is 19.7 Å². The van der Waals surface area contributed by atoms with Crippen LogP contribution in [0, 0.1) is 0 Å². The maximum atomic E-state index is 6.30. The van der Waals surface area contributed by atoms with E-state index in [1.165, 1.54) is 0 Å². The molecule has 0 amide bonds. The molecule has 1 saturated heterocycles. The molecule has 0 unspecified atom stereocenters. The first-order chi connectivity index (χ1) is 11.9. The standard InChI is InChI=1S/C17H18Cl2N6/c1-17(20)5-7-24(8-6-17)14-10-21-16-12(23-14)9-22-25(16)13-4-2-3-11(18)15(13)19/h2-4,9-10H,5-8,20H2,1H3. The Balaban J connectivity index is 1.69. The number of anilines is 1. The van der Waals surface area contributed by atoms with Gasteiger partial charge in [-0.15, -0.1) is 0 Å². The summed E-state index contributed by atoms with van der Waals surface area (Å²) in [5.41, 5.74) is 8.16. The lowest BCUT2D eigenvalue weighted by Gasteiger charge is -2.37. The Bertz CT molecular complexity index is 926. The molecule has 3 aromatic rings. The van der Waals surface area contributed by atoms with Gasteiger partial charge >= 0.3 is 0 Å². The zero-order chi connectivity index (χ0) is 17.6. The molecule has 1 aromatic carbocycles. The summed E-state index contributed by atoms with van der Waals surface area (Å²) >= 11 is 12.4. The summed E-state index contributed by atoms with van der Waals surface area (Å²) < 4.78 is 1.66. The molecule has 130 valence electrons. The van der Waals surface area contributed by atoms with E-state index in [2.05, 4.69) is 21.9 Å². The van der Waals surface area contributed by atoms with E-state index in [1.807, 2.05) is 12.1 Å². The SMILES string of the molecule is CC1(N)CCN(c2cnc3c(cnn3-c3cccc(Cl)c3Cl)n2)CC1. The van der Waals surface area contributed by atoms with Crippen LogP contribution in [-0.4, -0.2) is 38.4 Å². The van der Waals surface area contributed by atoms with Crippen LogP contribution in [0.15, 0.2) is 30.6 Å². The highest BCUT2D eigenvalue weighted by atomic mass is 35.5. The van der Waals surface area contributed by atoms with Crippen molar-refractivity contribution in [3.05, 3.63) is 40.6 Å². The van der Waals surface area contributed by atoms with Crippen molar-refractivity contribution in [2.24, 2.45) is 5.73 Å². The first-order valence-corrected chi connectivity index (χ1v) is 8.89. The zero-order valence-electron chi connectivity index (χ0n) is 13.8. The van der Waals surface area contributed by atoms with Crippen molar-refractivity contribution in [1.29, 1.82) is 0 Å². The molecule has 0 bridgehead atoms. The van der Waals surface area contributed by atoms with Crippen LogP contribution < -0.4 is 10.6 Å². The number of benzene rings is 1. The second-order valence-electron chi connectivity index (χ2n) is 6.71. The van der Waals surface area contributed by atoms with Crippen LogP contribution in [0.25, 0.3) is 16.9 Å². The first-order valence-electron chi connectivity index (χ1n) is 8.14. The number of halogens is 2. The zero-order valence-corrected chi connectivity index (χ0v) is 15.3. The van der Waals surface area contributed by atoms with Crippen LogP contribution in [0.3, 0.4) is 0 Å². The third-order valence-corrected chi connectivity index (χ3v) is 5.46. The highest BCUT2D eigenvalue weighted by Gasteiger charge is 2.27. The molecule has 2 aromatic heterocycles. The van der Waals surface area contributed by atoms with Gasteiger partial charge in [-0.25, -0.2) is 14.6 Å². The summed E-state index contributed by atoms with van der Waals surface area (Å²) in [6.07, 6.45) is 5.34. The predicted molar refractivity (Wildman–Crippen MR) is 101 cm³/mol. The van der Waals surface area contributed by atoms with Crippen molar-refractivity contribution >= 4 is 40.2 Å². The number of aromatic nitrogens is 4. The molecule has 2 N–H and O–H groups in total. The van der Waals surface area contributed by atoms with Gasteiger partial charge in [0.25, 0.3) is 0 Å². The van der Waals surface area contributed by atoms with Crippen molar-refractivity contribution in [3.8, 4) is 5.69 Å². The summed E-state index contributed by atoms with van der Waals surface area (Å²) in [4.78, 5) is 11.5. The number of nitrogens with zero attached hydrogens (tertiary/aromatic N) is 5. The number of fused-ring (bicyclic) bond motifs is 1. The van der Waals surface area contributed by atoms with Crippen LogP contribution in [-0.2, 0) is 0 Å². The van der Waals surface area contributed by atoms with E-state index < -0.39 is 0 Å². The number of nitrogens with two attached hydrogens (primary N) is 1. The van der Waals surface area contributed by atoms with Gasteiger partial charge < -0.3 is 10.6 Å². The van der Waals surface area contributed by atoms with Crippen LogP contribution in [0.1, 0.15) is 19.8 Å². The van der Waals surface area contributed by atoms with Gasteiger partial charge in [0.15, 0.2) is 5.65 Å². The van der Waals surface area contributed by atoms with Crippen LogP contribution in [0.4, 0.5) is 5.82 Å². The summed E-state index contributed by atoms with van der Waals surface area (Å²) in [5.74, 6) is 0.847. The van der Waals surface area contributed by atoms with Gasteiger partial charge in [0, 0.05) is 18.6 Å². The van der Waals surface area contributed by atoms with Gasteiger partial charge in [0.2, 0.25) is 0 Å². The topological polar surface area (TPSA) is 72.9 Å². The van der Waals surface area contributed by atoms with E-state index >= 15 is 0 Å². The fourth-order valence-corrected chi connectivity index (χ4v) is 3.41. The summed E-state index contributed by atoms with van der Waals surface area (Å²) in [7, 11) is 0. The van der Waals surface area contributed by atoms with Crippen molar-refractivity contribution in [2.45, 2.75) is 25.3 Å². The molecule has 1 fully saturated rings. The fraction of sp³-hybridized carbons (Fsp3) is 0.353. The van der Waals surface area contributed by atoms with Crippen LogP contribution in [0.5, 0.6) is 0 Å². The minimum Gasteiger partial charge on any atom is -0.355 e. The molecule has 0 saturated carbocycles. The van der Waals surface area contributed by atoms with Gasteiger partial charge in [-0.2, -0.15) is 5.10 Å². The Labute approximate surface area is 155 Å². The van der Waals surface area contributed by atoms with Crippen molar-refractivity contribution in [2.75, 3.05) is 18.0 Å². The minimum atomic E-state index is -0.0950. The predicted octanol–water partition coefficient (Wildman–Crippen LogP) is 3.44. The molecule has 0 radical (unpaired) electrons. The number of hydrogen-bond acceptors (Lipinski definition) is 5. The maximum Gasteiger partial charge on any atom is 0.181 e. The molecule has 0 spiro atoms. The Kier molecular flexibility index (Phi) is 4.06. The van der Waals surface area contributed by atoms with E-state index in [-0.39, 0.29) is 5.54 Å². The van der Waals surface area contributed by atoms with E-state index in [1.54, 1.807) is 23.1 Å². The van der Waals surface area contributed by atoms with E-state index in [9.17, 15) is 0 Å². The van der Waals surface area contributed by atoms with E-state index in [4.69, 9.17) is 33.9 Å². The number of rotatable bonds is 2. The molecule has 25 heavy (non-hydrogen) atoms. The lowest BCUT2D eigenvalue weighted by Crippen LogP contribution is -2.48. The lowest BCUT2D eigenvalue weighted by atomic mass is 9.91. The van der Waals surface area contributed by atoms with Gasteiger partial charge in [-0.3, -0.25) is 0 Å². The van der Waals surface area contributed by atoms with Gasteiger partial charge in [0.1, 0.15) is 11.3 Å². The van der Waals surface area contributed by atoms with E-state index in [0.717, 1.165) is 37.3 Å². The van der Waals surface area contributed by atoms with Gasteiger partial charge in [-0.05, 0) is 31.9 Å². The molecule has 1 aliphatic rings. The summed E-state index contributed by atoms with van der Waals surface area (Å²) in [5, 5.41) is 5.31. The molecule has 0 atom stereocenters. The second-order valence-corrected chi connectivity index (χ2v) is 7.49. The first kappa shape index (κ1) is 16.6. The fourth-order valence-electron chi connectivity index (χ4n) is 3.04. The average molecular weight is 377 g/mol. The third kappa shape index (κ3) is 3.05. The van der Waals surface area contributed by atoms with Gasteiger partial charge in [-0.1, -0.05) is 29.3 Å². The largest absolute Gasteiger partial charge is 0.355 e. The number of piperidine rings is 1. The summed E-state index contributed by atoms with van der Waals surface area (Å²) in [6.45, 7) is 3.85. The lowest BCUT2D eigenvalue weighted by molar-refractivity contribution is 0.363. The second kappa shape index (κ2) is 6.12. The number of hydrogen-bond donors (Lipinski definition) is 1. The Morgan fingerprint density at radius 1 is 1.16 bits per heavy atom. The minimum absolute atomic E-state index is 0.0950. The molecule has 8 heteroatoms.